The Morgan fingerprint density at radius 1 is 1.00 bits per heavy atom. The molecule has 0 aliphatic rings. The Hall–Kier alpha value is -3.96. The van der Waals surface area contributed by atoms with Gasteiger partial charge in [0.2, 0.25) is 5.91 Å². The summed E-state index contributed by atoms with van der Waals surface area (Å²) < 4.78 is 42.1. The van der Waals surface area contributed by atoms with Crippen molar-refractivity contribution in [3.05, 3.63) is 98.4 Å². The van der Waals surface area contributed by atoms with Crippen LogP contribution >= 0.6 is 11.6 Å². The number of anilines is 2. The summed E-state index contributed by atoms with van der Waals surface area (Å²) >= 11 is 5.59. The smallest absolute Gasteiger partial charge is 0.326 e. The Morgan fingerprint density at radius 2 is 1.69 bits per heavy atom. The highest BCUT2D eigenvalue weighted by molar-refractivity contribution is 7.92. The number of benzene rings is 3. The van der Waals surface area contributed by atoms with Crippen LogP contribution in [0.15, 0.2) is 81.2 Å². The van der Waals surface area contributed by atoms with Gasteiger partial charge in [0, 0.05) is 24.3 Å². The van der Waals surface area contributed by atoms with Gasteiger partial charge >= 0.3 is 5.69 Å². The summed E-state index contributed by atoms with van der Waals surface area (Å²) in [6.07, 6.45) is -0.0492. The van der Waals surface area contributed by atoms with E-state index < -0.39 is 33.0 Å². The third-order valence-corrected chi connectivity index (χ3v) is 6.78. The van der Waals surface area contributed by atoms with Gasteiger partial charge in [0.05, 0.1) is 20.8 Å². The zero-order valence-corrected chi connectivity index (χ0v) is 19.5. The number of para-hydroxylation sites is 1. The molecule has 0 atom stereocenters. The van der Waals surface area contributed by atoms with E-state index in [1.54, 1.807) is 24.3 Å². The normalized spacial score (nSPS) is 11.4. The van der Waals surface area contributed by atoms with Gasteiger partial charge in [0.15, 0.2) is 0 Å². The van der Waals surface area contributed by atoms with Gasteiger partial charge in [-0.05, 0) is 54.6 Å². The average molecular weight is 517 g/mol. The average Bonchev–Trinajstić information content (AvgIpc) is 2.81. The summed E-state index contributed by atoms with van der Waals surface area (Å²) in [5, 5.41) is 2.81. The van der Waals surface area contributed by atoms with E-state index >= 15 is 0 Å². The third kappa shape index (κ3) is 5.42. The molecule has 1 amide bonds. The summed E-state index contributed by atoms with van der Waals surface area (Å²) in [6.45, 7) is 0.0392. The van der Waals surface area contributed by atoms with Crippen LogP contribution in [-0.4, -0.2) is 23.9 Å². The molecule has 0 saturated heterocycles. The van der Waals surface area contributed by atoms with Gasteiger partial charge in [0.1, 0.15) is 5.82 Å². The molecule has 4 rings (SSSR count). The van der Waals surface area contributed by atoms with Crippen molar-refractivity contribution in [3.8, 4) is 0 Å². The number of fused-ring (bicyclic) bond motifs is 1. The predicted octanol–water partition coefficient (Wildman–Crippen LogP) is 3.31. The van der Waals surface area contributed by atoms with E-state index in [9.17, 15) is 27.2 Å². The number of H-pyrrole nitrogens is 1. The number of hydrogen-bond acceptors (Lipinski definition) is 5. The largest absolute Gasteiger partial charge is 0.328 e. The maximum absolute atomic E-state index is 13.6. The van der Waals surface area contributed by atoms with Gasteiger partial charge in [-0.25, -0.2) is 17.6 Å². The predicted molar refractivity (Wildman–Crippen MR) is 131 cm³/mol. The molecule has 0 spiro atoms. The Bertz CT molecular complexity index is 1650. The number of nitrogens with zero attached hydrogens (tertiary/aromatic N) is 1. The Balaban J connectivity index is 1.41. The first-order chi connectivity index (χ1) is 16.6. The number of aromatic amines is 1. The highest BCUT2D eigenvalue weighted by Gasteiger charge is 2.16. The molecule has 35 heavy (non-hydrogen) atoms. The number of amides is 1. The van der Waals surface area contributed by atoms with Crippen molar-refractivity contribution in [3.63, 3.8) is 0 Å². The number of nitrogens with one attached hydrogen (secondary N) is 3. The van der Waals surface area contributed by atoms with Gasteiger partial charge in [-0.2, -0.15) is 0 Å². The number of hydrogen-bond donors (Lipinski definition) is 3. The molecule has 180 valence electrons. The van der Waals surface area contributed by atoms with Crippen LogP contribution in [0.25, 0.3) is 10.9 Å². The molecule has 0 bridgehead atoms. The van der Waals surface area contributed by atoms with E-state index in [1.807, 2.05) is 0 Å². The standard InChI is InChI=1S/C23H18ClFN4O5S/c24-18-10-9-16(13-19(18)25)35(33,34)28-15-7-5-14(6-8-15)26-21(30)11-12-29-20-4-2-1-3-17(20)22(31)27-23(29)32/h1-10,13,28H,11-12H2,(H,26,30)(H,27,31,32). The summed E-state index contributed by atoms with van der Waals surface area (Å²) in [5.41, 5.74) is -0.0908. The van der Waals surface area contributed by atoms with Gasteiger partial charge in [-0.3, -0.25) is 23.9 Å². The lowest BCUT2D eigenvalue weighted by Gasteiger charge is -2.11. The number of sulfonamides is 1. The van der Waals surface area contributed by atoms with E-state index in [1.165, 1.54) is 34.9 Å². The van der Waals surface area contributed by atoms with Gasteiger partial charge < -0.3 is 5.32 Å². The molecule has 0 saturated carbocycles. The second-order valence-electron chi connectivity index (χ2n) is 7.49. The Morgan fingerprint density at radius 3 is 2.40 bits per heavy atom. The molecule has 1 heterocycles. The number of halogens is 2. The molecule has 1 aromatic heterocycles. The van der Waals surface area contributed by atoms with Crippen molar-refractivity contribution >= 4 is 49.8 Å². The fraction of sp³-hybridized carbons (Fsp3) is 0.0870. The van der Waals surface area contributed by atoms with Crippen molar-refractivity contribution in [2.24, 2.45) is 0 Å². The molecule has 3 N–H and O–H groups in total. The fourth-order valence-corrected chi connectivity index (χ4v) is 4.57. The molecule has 9 nitrogen and oxygen atoms in total. The molecule has 0 fully saturated rings. The van der Waals surface area contributed by atoms with Crippen molar-refractivity contribution in [2.45, 2.75) is 17.9 Å². The van der Waals surface area contributed by atoms with Crippen LogP contribution in [0.4, 0.5) is 15.8 Å². The molecule has 0 unspecified atom stereocenters. The highest BCUT2D eigenvalue weighted by Crippen LogP contribution is 2.22. The molecule has 0 aliphatic heterocycles. The number of rotatable bonds is 7. The van der Waals surface area contributed by atoms with Crippen LogP contribution in [0.5, 0.6) is 0 Å². The maximum atomic E-state index is 13.6. The van der Waals surface area contributed by atoms with Crippen LogP contribution in [0.2, 0.25) is 5.02 Å². The molecular weight excluding hydrogens is 499 g/mol. The van der Waals surface area contributed by atoms with Crippen molar-refractivity contribution in [1.29, 1.82) is 0 Å². The lowest BCUT2D eigenvalue weighted by atomic mass is 10.2. The molecular formula is C23H18ClFN4O5S. The quantitative estimate of drug-likeness (QED) is 0.347. The minimum Gasteiger partial charge on any atom is -0.326 e. The van der Waals surface area contributed by atoms with Crippen LogP contribution < -0.4 is 21.3 Å². The lowest BCUT2D eigenvalue weighted by molar-refractivity contribution is -0.116. The third-order valence-electron chi connectivity index (χ3n) is 5.09. The SMILES string of the molecule is O=C(CCn1c(=O)[nH]c(=O)c2ccccc21)Nc1ccc(NS(=O)(=O)c2ccc(Cl)c(F)c2)cc1. The van der Waals surface area contributed by atoms with Crippen LogP contribution in [0.3, 0.4) is 0 Å². The Kier molecular flexibility index (Phi) is 6.72. The summed E-state index contributed by atoms with van der Waals surface area (Å²) in [7, 11) is -4.05. The molecule has 3 aromatic carbocycles. The zero-order chi connectivity index (χ0) is 25.2. The van der Waals surface area contributed by atoms with Gasteiger partial charge in [0.25, 0.3) is 15.6 Å². The first-order valence-corrected chi connectivity index (χ1v) is 12.1. The van der Waals surface area contributed by atoms with Crippen molar-refractivity contribution in [1.82, 2.24) is 9.55 Å². The molecule has 0 radical (unpaired) electrons. The zero-order valence-electron chi connectivity index (χ0n) is 17.9. The lowest BCUT2D eigenvalue weighted by Crippen LogP contribution is -2.31. The second kappa shape index (κ2) is 9.72. The summed E-state index contributed by atoms with van der Waals surface area (Å²) in [6, 6.07) is 15.6. The van der Waals surface area contributed by atoms with Gasteiger partial charge in [-0.15, -0.1) is 0 Å². The number of carbonyl (C=O) groups is 1. The summed E-state index contributed by atoms with van der Waals surface area (Å²) in [4.78, 5) is 38.5. The van der Waals surface area contributed by atoms with Crippen LogP contribution in [0, 0.1) is 5.82 Å². The van der Waals surface area contributed by atoms with E-state index in [4.69, 9.17) is 11.6 Å². The van der Waals surface area contributed by atoms with E-state index in [-0.39, 0.29) is 28.6 Å². The topological polar surface area (TPSA) is 130 Å². The fourth-order valence-electron chi connectivity index (χ4n) is 3.38. The first kappa shape index (κ1) is 24.2. The van der Waals surface area contributed by atoms with Crippen molar-refractivity contribution in [2.75, 3.05) is 10.0 Å². The van der Waals surface area contributed by atoms with Crippen LogP contribution in [0.1, 0.15) is 6.42 Å². The Labute approximate surface area is 203 Å². The second-order valence-corrected chi connectivity index (χ2v) is 9.57. The van der Waals surface area contributed by atoms with E-state index in [0.717, 1.165) is 12.1 Å². The maximum Gasteiger partial charge on any atom is 0.328 e. The first-order valence-electron chi connectivity index (χ1n) is 10.2. The summed E-state index contributed by atoms with van der Waals surface area (Å²) in [5.74, 6) is -1.25. The van der Waals surface area contributed by atoms with Gasteiger partial charge in [-0.1, -0.05) is 23.7 Å². The monoisotopic (exact) mass is 516 g/mol. The van der Waals surface area contributed by atoms with E-state index in [0.29, 0.717) is 16.6 Å². The van der Waals surface area contributed by atoms with Crippen LogP contribution in [-0.2, 0) is 21.4 Å². The molecule has 4 aromatic rings. The highest BCUT2D eigenvalue weighted by atomic mass is 35.5. The van der Waals surface area contributed by atoms with Crippen molar-refractivity contribution < 1.29 is 17.6 Å². The number of aromatic nitrogens is 2. The minimum atomic E-state index is -4.05. The number of aryl methyl sites for hydroxylation is 1. The minimum absolute atomic E-state index is 0.0392. The molecule has 12 heteroatoms. The number of carbonyl (C=O) groups excluding carboxylic acids is 1. The van der Waals surface area contributed by atoms with E-state index in [2.05, 4.69) is 15.0 Å². The molecule has 0 aliphatic carbocycles.